The van der Waals surface area contributed by atoms with Crippen LogP contribution in [0.15, 0.2) is 0 Å². The molecule has 1 N–H and O–H groups in total. The molecule has 6 nitrogen and oxygen atoms in total. The summed E-state index contributed by atoms with van der Waals surface area (Å²) in [5.41, 5.74) is 0. The Morgan fingerprint density at radius 3 is 1.70 bits per heavy atom. The molecule has 6 heteroatoms. The van der Waals surface area contributed by atoms with E-state index in [0.717, 1.165) is 58.0 Å². The van der Waals surface area contributed by atoms with Crippen LogP contribution >= 0.6 is 0 Å². The lowest BCUT2D eigenvalue weighted by Crippen LogP contribution is -2.42. The van der Waals surface area contributed by atoms with Crippen LogP contribution in [-0.4, -0.2) is 60.9 Å². The third-order valence-electron chi connectivity index (χ3n) is 7.71. The van der Waals surface area contributed by atoms with Crippen molar-refractivity contribution in [3.63, 3.8) is 0 Å². The van der Waals surface area contributed by atoms with E-state index in [2.05, 4.69) is 18.7 Å². The van der Waals surface area contributed by atoms with Gasteiger partial charge in [-0.05, 0) is 45.1 Å². The summed E-state index contributed by atoms with van der Waals surface area (Å²) in [7, 11) is 0. The Labute approximate surface area is 228 Å². The molecule has 0 aromatic rings. The van der Waals surface area contributed by atoms with Gasteiger partial charge in [0.1, 0.15) is 0 Å². The maximum atomic E-state index is 12.3. The van der Waals surface area contributed by atoms with Crippen molar-refractivity contribution in [3.8, 4) is 0 Å². The number of ether oxygens (including phenoxy) is 2. The highest BCUT2D eigenvalue weighted by molar-refractivity contribution is 5.69. The number of nitrogens with zero attached hydrogens (tertiary/aromatic N) is 1. The number of carbonyl (C=O) groups is 2. The first-order valence-electron chi connectivity index (χ1n) is 15.8. The van der Waals surface area contributed by atoms with Crippen LogP contribution in [0.1, 0.15) is 142 Å². The molecular weight excluding hydrogens is 466 g/mol. The number of aliphatic hydroxyl groups is 1. The molecule has 0 aliphatic heterocycles. The Morgan fingerprint density at radius 1 is 0.730 bits per heavy atom. The van der Waals surface area contributed by atoms with Crippen molar-refractivity contribution < 1.29 is 24.2 Å². The van der Waals surface area contributed by atoms with E-state index in [1.807, 2.05) is 0 Å². The van der Waals surface area contributed by atoms with Gasteiger partial charge in [0.25, 0.3) is 0 Å². The standard InChI is InChI=1S/C31H59NO5/c1-3-5-7-9-11-13-21-30(34)36-26-28(27-37-31(35)22-14-12-10-8-6-4-2)18-15-16-23-32(24-25-33)29-19-17-20-29/h28-29,33H,3-27H2,1-2H3. The summed E-state index contributed by atoms with van der Waals surface area (Å²) in [6.45, 7) is 7.04. The van der Waals surface area contributed by atoms with Gasteiger partial charge in [0.15, 0.2) is 0 Å². The molecule has 1 aliphatic carbocycles. The third-order valence-corrected chi connectivity index (χ3v) is 7.71. The SMILES string of the molecule is CCCCCCCCC(=O)OCC(CCCCN(CCO)C1CCC1)COC(=O)CCCCCCCC. The van der Waals surface area contributed by atoms with Crippen LogP contribution < -0.4 is 0 Å². The van der Waals surface area contributed by atoms with Crippen LogP contribution in [0, 0.1) is 5.92 Å². The molecule has 0 unspecified atom stereocenters. The predicted octanol–water partition coefficient (Wildman–Crippen LogP) is 7.21. The molecule has 0 atom stereocenters. The average Bonchev–Trinajstić information content (AvgIpc) is 2.86. The van der Waals surface area contributed by atoms with Crippen molar-refractivity contribution in [1.82, 2.24) is 4.90 Å². The Morgan fingerprint density at radius 2 is 1.24 bits per heavy atom. The van der Waals surface area contributed by atoms with Crippen molar-refractivity contribution in [2.45, 2.75) is 148 Å². The van der Waals surface area contributed by atoms with Gasteiger partial charge in [0.05, 0.1) is 19.8 Å². The second-order valence-corrected chi connectivity index (χ2v) is 11.1. The zero-order valence-corrected chi connectivity index (χ0v) is 24.4. The Balaban J connectivity index is 2.34. The Bertz CT molecular complexity index is 520. The number of unbranched alkanes of at least 4 members (excludes halogenated alkanes) is 11. The Kier molecular flexibility index (Phi) is 21.9. The molecule has 0 spiro atoms. The summed E-state index contributed by atoms with van der Waals surface area (Å²) in [5.74, 6) is -0.201. The van der Waals surface area contributed by atoms with E-state index in [9.17, 15) is 14.7 Å². The monoisotopic (exact) mass is 525 g/mol. The molecule has 0 amide bonds. The number of rotatable bonds is 26. The van der Waals surface area contributed by atoms with Crippen LogP contribution in [0.5, 0.6) is 0 Å². The molecule has 37 heavy (non-hydrogen) atoms. The first-order chi connectivity index (χ1) is 18.1. The topological polar surface area (TPSA) is 76.1 Å². The van der Waals surface area contributed by atoms with Crippen LogP contribution in [0.2, 0.25) is 0 Å². The molecule has 1 rings (SSSR count). The summed E-state index contributed by atoms with van der Waals surface area (Å²) >= 11 is 0. The summed E-state index contributed by atoms with van der Waals surface area (Å²) in [4.78, 5) is 27.0. The van der Waals surface area contributed by atoms with Gasteiger partial charge in [0, 0.05) is 31.3 Å². The highest BCUT2D eigenvalue weighted by atomic mass is 16.5. The highest BCUT2D eigenvalue weighted by Crippen LogP contribution is 2.25. The molecule has 0 saturated heterocycles. The molecule has 0 radical (unpaired) electrons. The lowest BCUT2D eigenvalue weighted by molar-refractivity contribution is -0.149. The van der Waals surface area contributed by atoms with Crippen molar-refractivity contribution >= 4 is 11.9 Å². The van der Waals surface area contributed by atoms with E-state index in [4.69, 9.17) is 9.47 Å². The minimum Gasteiger partial charge on any atom is -0.465 e. The van der Waals surface area contributed by atoms with Gasteiger partial charge < -0.3 is 14.6 Å². The summed E-state index contributed by atoms with van der Waals surface area (Å²) < 4.78 is 11.2. The number of hydrogen-bond donors (Lipinski definition) is 1. The van der Waals surface area contributed by atoms with E-state index in [0.29, 0.717) is 32.1 Å². The van der Waals surface area contributed by atoms with Crippen LogP contribution in [0.3, 0.4) is 0 Å². The van der Waals surface area contributed by atoms with Gasteiger partial charge in [-0.3, -0.25) is 14.5 Å². The van der Waals surface area contributed by atoms with Gasteiger partial charge in [-0.15, -0.1) is 0 Å². The minimum atomic E-state index is -0.127. The molecule has 0 bridgehead atoms. The summed E-state index contributed by atoms with van der Waals surface area (Å²) in [6, 6.07) is 0.633. The maximum Gasteiger partial charge on any atom is 0.305 e. The van der Waals surface area contributed by atoms with Crippen LogP contribution in [0.4, 0.5) is 0 Å². The molecule has 1 aliphatic rings. The smallest absolute Gasteiger partial charge is 0.305 e. The maximum absolute atomic E-state index is 12.3. The Hall–Kier alpha value is -1.14. The van der Waals surface area contributed by atoms with Crippen LogP contribution in [-0.2, 0) is 19.1 Å². The molecule has 0 aromatic carbocycles. The predicted molar refractivity (Wildman–Crippen MR) is 152 cm³/mol. The van der Waals surface area contributed by atoms with Gasteiger partial charge in [-0.2, -0.15) is 0 Å². The fourth-order valence-corrected chi connectivity index (χ4v) is 4.99. The number of esters is 2. The van der Waals surface area contributed by atoms with Gasteiger partial charge >= 0.3 is 11.9 Å². The molecule has 0 aromatic heterocycles. The molecule has 1 fully saturated rings. The van der Waals surface area contributed by atoms with Gasteiger partial charge in [0.2, 0.25) is 0 Å². The zero-order chi connectivity index (χ0) is 27.0. The van der Waals surface area contributed by atoms with Crippen molar-refractivity contribution in [3.05, 3.63) is 0 Å². The van der Waals surface area contributed by atoms with E-state index in [-0.39, 0.29) is 24.5 Å². The van der Waals surface area contributed by atoms with E-state index in [1.165, 1.54) is 70.6 Å². The number of hydrogen-bond acceptors (Lipinski definition) is 6. The lowest BCUT2D eigenvalue weighted by atomic mass is 9.91. The van der Waals surface area contributed by atoms with Crippen molar-refractivity contribution in [2.75, 3.05) is 32.9 Å². The first-order valence-corrected chi connectivity index (χ1v) is 15.8. The fourth-order valence-electron chi connectivity index (χ4n) is 4.99. The number of carbonyl (C=O) groups excluding carboxylic acids is 2. The minimum absolute atomic E-state index is 0.0528. The molecule has 218 valence electrons. The fraction of sp³-hybridized carbons (Fsp3) is 0.935. The van der Waals surface area contributed by atoms with Gasteiger partial charge in [-0.25, -0.2) is 0 Å². The quantitative estimate of drug-likeness (QED) is 0.0950. The second kappa shape index (κ2) is 23.9. The highest BCUT2D eigenvalue weighted by Gasteiger charge is 2.24. The lowest BCUT2D eigenvalue weighted by Gasteiger charge is -2.37. The molecule has 1 saturated carbocycles. The van der Waals surface area contributed by atoms with E-state index in [1.54, 1.807) is 0 Å². The first kappa shape index (κ1) is 33.9. The van der Waals surface area contributed by atoms with Gasteiger partial charge in [-0.1, -0.05) is 90.9 Å². The van der Waals surface area contributed by atoms with E-state index >= 15 is 0 Å². The normalized spacial score (nSPS) is 13.8. The summed E-state index contributed by atoms with van der Waals surface area (Å²) in [5, 5.41) is 9.39. The average molecular weight is 526 g/mol. The summed E-state index contributed by atoms with van der Waals surface area (Å²) in [6.07, 6.45) is 21.5. The van der Waals surface area contributed by atoms with Crippen molar-refractivity contribution in [1.29, 1.82) is 0 Å². The second-order valence-electron chi connectivity index (χ2n) is 11.1. The third kappa shape index (κ3) is 18.7. The van der Waals surface area contributed by atoms with Crippen LogP contribution in [0.25, 0.3) is 0 Å². The number of aliphatic hydroxyl groups excluding tert-OH is 1. The largest absolute Gasteiger partial charge is 0.465 e. The molecular formula is C31H59NO5. The zero-order valence-electron chi connectivity index (χ0n) is 24.4. The van der Waals surface area contributed by atoms with E-state index < -0.39 is 0 Å². The molecule has 0 heterocycles. The van der Waals surface area contributed by atoms with Crippen molar-refractivity contribution in [2.24, 2.45) is 5.92 Å².